The van der Waals surface area contributed by atoms with Crippen molar-refractivity contribution in [2.75, 3.05) is 26.6 Å². The topological polar surface area (TPSA) is 106 Å². The van der Waals surface area contributed by atoms with Gasteiger partial charge in [-0.05, 0) is 32.4 Å². The van der Waals surface area contributed by atoms with Crippen LogP contribution in [0.5, 0.6) is 17.2 Å². The summed E-state index contributed by atoms with van der Waals surface area (Å²) in [6, 6.07) is 2.80. The lowest BCUT2D eigenvalue weighted by Crippen LogP contribution is -2.45. The molecule has 134 valence electrons. The first kappa shape index (κ1) is 19.4. The molecule has 1 aromatic carbocycles. The van der Waals surface area contributed by atoms with Crippen molar-refractivity contribution in [2.24, 2.45) is 0 Å². The molecule has 1 rings (SSSR count). The molecule has 2 amide bonds. The minimum atomic E-state index is -0.910. The number of ether oxygens (including phenoxy) is 3. The van der Waals surface area contributed by atoms with Crippen molar-refractivity contribution in [3.05, 3.63) is 12.1 Å². The number of amides is 2. The van der Waals surface area contributed by atoms with E-state index in [1.165, 1.54) is 21.3 Å². The first-order valence-corrected chi connectivity index (χ1v) is 7.34. The molecule has 0 spiro atoms. The zero-order valence-corrected chi connectivity index (χ0v) is 14.6. The Bertz CT molecular complexity index is 600. The monoisotopic (exact) mass is 340 g/mol. The lowest BCUT2D eigenvalue weighted by Gasteiger charge is -2.26. The van der Waals surface area contributed by atoms with Crippen LogP contribution in [0.25, 0.3) is 0 Å². The second-order valence-corrected chi connectivity index (χ2v) is 5.74. The van der Waals surface area contributed by atoms with Crippen LogP contribution in [0.2, 0.25) is 0 Å². The van der Waals surface area contributed by atoms with Crippen molar-refractivity contribution in [2.45, 2.75) is 32.2 Å². The highest BCUT2D eigenvalue weighted by Crippen LogP contribution is 2.42. The molecule has 0 aliphatic heterocycles. The molecule has 8 nitrogen and oxygen atoms in total. The van der Waals surface area contributed by atoms with Gasteiger partial charge < -0.3 is 30.0 Å². The fourth-order valence-corrected chi connectivity index (χ4v) is 2.14. The maximum Gasteiger partial charge on any atom is 0.319 e. The van der Waals surface area contributed by atoms with E-state index in [1.807, 2.05) is 0 Å². The number of anilines is 1. The third-order valence-electron chi connectivity index (χ3n) is 3.37. The molecule has 0 aliphatic rings. The van der Waals surface area contributed by atoms with E-state index in [0.29, 0.717) is 29.4 Å². The minimum absolute atomic E-state index is 0.0348. The summed E-state index contributed by atoms with van der Waals surface area (Å²) in [6.07, 6.45) is 0.270. The van der Waals surface area contributed by atoms with Crippen LogP contribution in [-0.4, -0.2) is 44.0 Å². The molecule has 3 N–H and O–H groups in total. The summed E-state index contributed by atoms with van der Waals surface area (Å²) in [4.78, 5) is 22.9. The summed E-state index contributed by atoms with van der Waals surface area (Å²) in [5.74, 6) is 0.257. The SMILES string of the molecule is COc1ccc(NC(=O)NC(C)(C)CCC(=O)O)c(OC)c1OC. The maximum atomic E-state index is 12.2. The number of methoxy groups -OCH3 is 3. The zero-order valence-electron chi connectivity index (χ0n) is 14.6. The third kappa shape index (κ3) is 5.22. The third-order valence-corrected chi connectivity index (χ3v) is 3.37. The molecule has 0 saturated heterocycles. The summed E-state index contributed by atoms with van der Waals surface area (Å²) < 4.78 is 15.7. The fourth-order valence-electron chi connectivity index (χ4n) is 2.14. The standard InChI is InChI=1S/C16H24N2O6/c1-16(2,9-8-12(19)20)18-15(21)17-10-6-7-11(22-3)14(24-5)13(10)23-4/h6-7H,8-9H2,1-5H3,(H,19,20)(H2,17,18,21). The van der Waals surface area contributed by atoms with Gasteiger partial charge in [-0.15, -0.1) is 0 Å². The number of carboxylic acids is 1. The Kier molecular flexibility index (Phi) is 6.69. The van der Waals surface area contributed by atoms with E-state index in [0.717, 1.165) is 0 Å². The van der Waals surface area contributed by atoms with Crippen LogP contribution in [0.4, 0.5) is 10.5 Å². The maximum absolute atomic E-state index is 12.2. The molecule has 0 aliphatic carbocycles. The Balaban J connectivity index is 2.89. The summed E-state index contributed by atoms with van der Waals surface area (Å²) in [6.45, 7) is 3.50. The van der Waals surface area contributed by atoms with Gasteiger partial charge in [-0.25, -0.2) is 4.79 Å². The zero-order chi connectivity index (χ0) is 18.3. The number of carbonyl (C=O) groups is 2. The average molecular weight is 340 g/mol. The minimum Gasteiger partial charge on any atom is -0.493 e. The highest BCUT2D eigenvalue weighted by atomic mass is 16.5. The molecular weight excluding hydrogens is 316 g/mol. The van der Waals surface area contributed by atoms with Crippen molar-refractivity contribution in [3.63, 3.8) is 0 Å². The van der Waals surface area contributed by atoms with Gasteiger partial charge in [0.05, 0.1) is 27.0 Å². The van der Waals surface area contributed by atoms with Crippen molar-refractivity contribution in [3.8, 4) is 17.2 Å². The van der Waals surface area contributed by atoms with Crippen LogP contribution >= 0.6 is 0 Å². The number of aliphatic carboxylic acids is 1. The van der Waals surface area contributed by atoms with Crippen LogP contribution in [0.15, 0.2) is 12.1 Å². The molecule has 0 aromatic heterocycles. The van der Waals surface area contributed by atoms with Gasteiger partial charge in [0.25, 0.3) is 0 Å². The first-order valence-electron chi connectivity index (χ1n) is 7.34. The molecule has 0 atom stereocenters. The lowest BCUT2D eigenvalue weighted by atomic mass is 9.99. The molecule has 0 unspecified atom stereocenters. The predicted octanol–water partition coefficient (Wildman–Crippen LogP) is 2.48. The van der Waals surface area contributed by atoms with Crippen LogP contribution in [0, 0.1) is 0 Å². The van der Waals surface area contributed by atoms with Gasteiger partial charge in [0.2, 0.25) is 5.75 Å². The summed E-state index contributed by atoms with van der Waals surface area (Å²) in [5, 5.41) is 14.2. The second-order valence-electron chi connectivity index (χ2n) is 5.74. The van der Waals surface area contributed by atoms with Gasteiger partial charge >= 0.3 is 12.0 Å². The predicted molar refractivity (Wildman–Crippen MR) is 89.2 cm³/mol. The van der Waals surface area contributed by atoms with Crippen LogP contribution in [-0.2, 0) is 4.79 Å². The van der Waals surface area contributed by atoms with Crippen molar-refractivity contribution >= 4 is 17.7 Å². The highest BCUT2D eigenvalue weighted by molar-refractivity contribution is 5.92. The Labute approximate surface area is 141 Å². The van der Waals surface area contributed by atoms with Crippen LogP contribution in [0.1, 0.15) is 26.7 Å². The Morgan fingerprint density at radius 2 is 1.71 bits per heavy atom. The van der Waals surface area contributed by atoms with Gasteiger partial charge in [0.1, 0.15) is 0 Å². The molecule has 0 radical (unpaired) electrons. The lowest BCUT2D eigenvalue weighted by molar-refractivity contribution is -0.137. The molecule has 0 heterocycles. The van der Waals surface area contributed by atoms with Gasteiger partial charge in [0, 0.05) is 12.0 Å². The Morgan fingerprint density at radius 1 is 1.08 bits per heavy atom. The quantitative estimate of drug-likeness (QED) is 0.671. The molecule has 0 bridgehead atoms. The smallest absolute Gasteiger partial charge is 0.319 e. The largest absolute Gasteiger partial charge is 0.493 e. The molecule has 0 fully saturated rings. The second kappa shape index (κ2) is 8.28. The number of carboxylic acid groups (broad SMARTS) is 1. The van der Waals surface area contributed by atoms with E-state index in [-0.39, 0.29) is 6.42 Å². The number of carbonyl (C=O) groups excluding carboxylic acids is 1. The van der Waals surface area contributed by atoms with Gasteiger partial charge in [0.15, 0.2) is 11.5 Å². The van der Waals surface area contributed by atoms with Crippen molar-refractivity contribution < 1.29 is 28.9 Å². The first-order chi connectivity index (χ1) is 11.2. The number of hydrogen-bond acceptors (Lipinski definition) is 5. The van der Waals surface area contributed by atoms with E-state index >= 15 is 0 Å². The normalized spacial score (nSPS) is 10.7. The van der Waals surface area contributed by atoms with E-state index < -0.39 is 17.5 Å². The van der Waals surface area contributed by atoms with Gasteiger partial charge in [-0.3, -0.25) is 4.79 Å². The fraction of sp³-hybridized carbons (Fsp3) is 0.500. The van der Waals surface area contributed by atoms with E-state index in [4.69, 9.17) is 19.3 Å². The Morgan fingerprint density at radius 3 is 2.21 bits per heavy atom. The average Bonchev–Trinajstić information content (AvgIpc) is 2.51. The molecule has 0 saturated carbocycles. The van der Waals surface area contributed by atoms with E-state index in [9.17, 15) is 9.59 Å². The number of nitrogens with one attached hydrogen (secondary N) is 2. The molecule has 24 heavy (non-hydrogen) atoms. The number of urea groups is 1. The summed E-state index contributed by atoms with van der Waals surface area (Å²) in [7, 11) is 4.43. The van der Waals surface area contributed by atoms with Gasteiger partial charge in [-0.2, -0.15) is 0 Å². The molecular formula is C16H24N2O6. The highest BCUT2D eigenvalue weighted by Gasteiger charge is 2.23. The Hall–Kier alpha value is -2.64. The molecule has 8 heteroatoms. The van der Waals surface area contributed by atoms with Crippen LogP contribution in [0.3, 0.4) is 0 Å². The van der Waals surface area contributed by atoms with Crippen molar-refractivity contribution in [1.29, 1.82) is 0 Å². The van der Waals surface area contributed by atoms with E-state index in [1.54, 1.807) is 26.0 Å². The van der Waals surface area contributed by atoms with E-state index in [2.05, 4.69) is 10.6 Å². The summed E-state index contributed by atoms with van der Waals surface area (Å²) >= 11 is 0. The van der Waals surface area contributed by atoms with Gasteiger partial charge in [-0.1, -0.05) is 0 Å². The number of hydrogen-bond donors (Lipinski definition) is 3. The van der Waals surface area contributed by atoms with Crippen LogP contribution < -0.4 is 24.8 Å². The number of rotatable bonds is 8. The van der Waals surface area contributed by atoms with Crippen molar-refractivity contribution in [1.82, 2.24) is 5.32 Å². The molecule has 1 aromatic rings. The number of benzene rings is 1. The summed E-state index contributed by atoms with van der Waals surface area (Å²) in [5.41, 5.74) is -0.270.